The van der Waals surface area contributed by atoms with E-state index in [9.17, 15) is 22.8 Å². The lowest BCUT2D eigenvalue weighted by Crippen LogP contribution is -2.33. The molecular weight excluding hydrogens is 309 g/mol. The smallest absolute Gasteiger partial charge is 0.355 e. The zero-order valence-corrected chi connectivity index (χ0v) is 12.9. The fraction of sp³-hybridized carbons (Fsp3) is 0.625. The number of nitrogens with one attached hydrogen (secondary N) is 1. The molecule has 1 heterocycles. The van der Waals surface area contributed by atoms with Gasteiger partial charge in [0, 0.05) is 18.8 Å². The first-order chi connectivity index (χ1) is 10.9. The molecule has 0 aliphatic heterocycles. The summed E-state index contributed by atoms with van der Waals surface area (Å²) in [6.07, 6.45) is 3.09. The summed E-state index contributed by atoms with van der Waals surface area (Å²) in [4.78, 5) is 23.3. The van der Waals surface area contributed by atoms with Crippen LogP contribution in [-0.2, 0) is 17.5 Å². The lowest BCUT2D eigenvalue weighted by molar-refractivity contribution is -0.138. The van der Waals surface area contributed by atoms with Gasteiger partial charge >= 0.3 is 6.18 Å². The van der Waals surface area contributed by atoms with E-state index in [1.165, 1.54) is 25.7 Å². The molecule has 1 amide bonds. The van der Waals surface area contributed by atoms with Gasteiger partial charge in [0.2, 0.25) is 5.91 Å². The van der Waals surface area contributed by atoms with Crippen molar-refractivity contribution in [2.24, 2.45) is 5.92 Å². The number of amides is 1. The molecule has 1 aliphatic carbocycles. The van der Waals surface area contributed by atoms with E-state index < -0.39 is 29.8 Å². The number of aromatic nitrogens is 1. The second-order valence-corrected chi connectivity index (χ2v) is 6.02. The second kappa shape index (κ2) is 7.66. The maximum Gasteiger partial charge on any atom is 0.417 e. The monoisotopic (exact) mass is 330 g/mol. The summed E-state index contributed by atoms with van der Waals surface area (Å²) in [5.41, 5.74) is -1.56. The van der Waals surface area contributed by atoms with Gasteiger partial charge in [0.1, 0.15) is 6.54 Å². The summed E-state index contributed by atoms with van der Waals surface area (Å²) in [5, 5.41) is 2.66. The van der Waals surface area contributed by atoms with Crippen LogP contribution in [0.3, 0.4) is 0 Å². The third-order valence-electron chi connectivity index (χ3n) is 4.21. The molecule has 128 valence electrons. The van der Waals surface area contributed by atoms with Crippen molar-refractivity contribution < 1.29 is 18.0 Å². The highest BCUT2D eigenvalue weighted by molar-refractivity contribution is 5.75. The highest BCUT2D eigenvalue weighted by Crippen LogP contribution is 2.28. The van der Waals surface area contributed by atoms with E-state index in [-0.39, 0.29) is 0 Å². The first-order valence-electron chi connectivity index (χ1n) is 7.90. The standard InChI is InChI=1S/C16H21F3N2O2/c17-16(18,19)13-7-8-15(23)21(10-13)11-14(22)20-9-3-6-12-4-1-2-5-12/h7-8,10,12H,1-6,9,11H2,(H,20,22). The fourth-order valence-electron chi connectivity index (χ4n) is 2.95. The third kappa shape index (κ3) is 5.41. The quantitative estimate of drug-likeness (QED) is 0.815. The van der Waals surface area contributed by atoms with E-state index in [0.29, 0.717) is 12.7 Å². The number of pyridine rings is 1. The van der Waals surface area contributed by atoms with Crippen molar-refractivity contribution >= 4 is 5.91 Å². The minimum Gasteiger partial charge on any atom is -0.355 e. The lowest BCUT2D eigenvalue weighted by atomic mass is 10.0. The molecule has 1 fully saturated rings. The number of carbonyl (C=O) groups is 1. The molecule has 0 unspecified atom stereocenters. The molecule has 23 heavy (non-hydrogen) atoms. The highest BCUT2D eigenvalue weighted by atomic mass is 19.4. The number of halogens is 3. The molecule has 0 atom stereocenters. The van der Waals surface area contributed by atoms with Gasteiger partial charge in [0.05, 0.1) is 5.56 Å². The van der Waals surface area contributed by atoms with Crippen LogP contribution in [0.5, 0.6) is 0 Å². The molecule has 1 saturated carbocycles. The maximum atomic E-state index is 12.6. The van der Waals surface area contributed by atoms with Crippen LogP contribution in [0.1, 0.15) is 44.1 Å². The SMILES string of the molecule is O=C(Cn1cc(C(F)(F)F)ccc1=O)NCCCC1CCCC1. The van der Waals surface area contributed by atoms with Crippen LogP contribution < -0.4 is 10.9 Å². The Balaban J connectivity index is 1.81. The number of carbonyl (C=O) groups excluding carboxylic acids is 1. The molecule has 1 N–H and O–H groups in total. The molecular formula is C16H21F3N2O2. The number of hydrogen-bond acceptors (Lipinski definition) is 2. The Morgan fingerprint density at radius 3 is 2.61 bits per heavy atom. The lowest BCUT2D eigenvalue weighted by Gasteiger charge is -2.12. The van der Waals surface area contributed by atoms with Crippen molar-refractivity contribution in [2.75, 3.05) is 6.54 Å². The Labute approximate surface area is 132 Å². The van der Waals surface area contributed by atoms with Crippen LogP contribution >= 0.6 is 0 Å². The van der Waals surface area contributed by atoms with E-state index in [1.807, 2.05) is 0 Å². The zero-order chi connectivity index (χ0) is 16.9. The average molecular weight is 330 g/mol. The van der Waals surface area contributed by atoms with E-state index in [1.54, 1.807) is 0 Å². The Morgan fingerprint density at radius 1 is 1.26 bits per heavy atom. The summed E-state index contributed by atoms with van der Waals surface area (Å²) >= 11 is 0. The summed E-state index contributed by atoms with van der Waals surface area (Å²) in [7, 11) is 0. The van der Waals surface area contributed by atoms with Gasteiger partial charge in [0.25, 0.3) is 5.56 Å². The molecule has 1 aromatic rings. The largest absolute Gasteiger partial charge is 0.417 e. The van der Waals surface area contributed by atoms with Gasteiger partial charge in [-0.25, -0.2) is 0 Å². The number of rotatable bonds is 6. The molecule has 2 rings (SSSR count). The summed E-state index contributed by atoms with van der Waals surface area (Å²) in [5.74, 6) is 0.288. The molecule has 0 spiro atoms. The number of nitrogens with zero attached hydrogens (tertiary/aromatic N) is 1. The Morgan fingerprint density at radius 2 is 1.96 bits per heavy atom. The van der Waals surface area contributed by atoms with Crippen LogP contribution in [-0.4, -0.2) is 17.0 Å². The second-order valence-electron chi connectivity index (χ2n) is 6.02. The van der Waals surface area contributed by atoms with Crippen LogP contribution in [0.15, 0.2) is 23.1 Å². The van der Waals surface area contributed by atoms with E-state index >= 15 is 0 Å². The van der Waals surface area contributed by atoms with Gasteiger partial charge in [-0.3, -0.25) is 9.59 Å². The van der Waals surface area contributed by atoms with Gasteiger partial charge in [0.15, 0.2) is 0 Å². The topological polar surface area (TPSA) is 51.1 Å². The Kier molecular flexibility index (Phi) is 5.85. The van der Waals surface area contributed by atoms with Crippen molar-refractivity contribution in [3.8, 4) is 0 Å². The van der Waals surface area contributed by atoms with Crippen LogP contribution in [0, 0.1) is 5.92 Å². The minimum absolute atomic E-state index is 0.397. The Hall–Kier alpha value is -1.79. The molecule has 1 aliphatic rings. The number of alkyl halides is 3. The molecule has 4 nitrogen and oxygen atoms in total. The predicted molar refractivity (Wildman–Crippen MR) is 79.9 cm³/mol. The van der Waals surface area contributed by atoms with Crippen LogP contribution in [0.25, 0.3) is 0 Å². The summed E-state index contributed by atoms with van der Waals surface area (Å²) in [6.45, 7) is 0.0925. The van der Waals surface area contributed by atoms with Gasteiger partial charge in [-0.1, -0.05) is 25.7 Å². The van der Waals surface area contributed by atoms with Crippen molar-refractivity contribution in [1.82, 2.24) is 9.88 Å². The van der Waals surface area contributed by atoms with Crippen molar-refractivity contribution in [3.63, 3.8) is 0 Å². The predicted octanol–water partition coefficient (Wildman–Crippen LogP) is 2.95. The fourth-order valence-corrected chi connectivity index (χ4v) is 2.95. The summed E-state index contributed by atoms with van der Waals surface area (Å²) < 4.78 is 38.6. The Bertz CT molecular complexity index is 590. The molecule has 0 radical (unpaired) electrons. The molecule has 7 heteroatoms. The summed E-state index contributed by atoms with van der Waals surface area (Å²) in [6, 6.07) is 1.55. The molecule has 0 bridgehead atoms. The van der Waals surface area contributed by atoms with E-state index in [0.717, 1.165) is 35.5 Å². The van der Waals surface area contributed by atoms with Gasteiger partial charge in [-0.05, 0) is 24.8 Å². The van der Waals surface area contributed by atoms with Gasteiger partial charge in [-0.15, -0.1) is 0 Å². The molecule has 0 aromatic carbocycles. The molecule has 0 saturated heterocycles. The minimum atomic E-state index is -4.53. The number of hydrogen-bond donors (Lipinski definition) is 1. The first-order valence-corrected chi connectivity index (χ1v) is 7.90. The van der Waals surface area contributed by atoms with Crippen LogP contribution in [0.4, 0.5) is 13.2 Å². The van der Waals surface area contributed by atoms with E-state index in [4.69, 9.17) is 0 Å². The normalized spacial score (nSPS) is 15.8. The van der Waals surface area contributed by atoms with Gasteiger partial charge < -0.3 is 9.88 Å². The van der Waals surface area contributed by atoms with Gasteiger partial charge in [-0.2, -0.15) is 13.2 Å². The van der Waals surface area contributed by atoms with Crippen molar-refractivity contribution in [3.05, 3.63) is 34.2 Å². The first kappa shape index (κ1) is 17.6. The van der Waals surface area contributed by atoms with Crippen molar-refractivity contribution in [1.29, 1.82) is 0 Å². The maximum absolute atomic E-state index is 12.6. The zero-order valence-electron chi connectivity index (χ0n) is 12.9. The van der Waals surface area contributed by atoms with Crippen molar-refractivity contribution in [2.45, 2.75) is 51.2 Å². The van der Waals surface area contributed by atoms with Crippen LogP contribution in [0.2, 0.25) is 0 Å². The third-order valence-corrected chi connectivity index (χ3v) is 4.21. The van der Waals surface area contributed by atoms with E-state index in [2.05, 4.69) is 5.32 Å². The highest BCUT2D eigenvalue weighted by Gasteiger charge is 2.31. The average Bonchev–Trinajstić information content (AvgIpc) is 2.98. The molecule has 1 aromatic heterocycles.